The van der Waals surface area contributed by atoms with Crippen LogP contribution in [-0.4, -0.2) is 17.4 Å². The number of pyridine rings is 1. The van der Waals surface area contributed by atoms with Gasteiger partial charge in [0, 0.05) is 12.6 Å². The Balaban J connectivity index is 3.24. The molecule has 0 aromatic carbocycles. The van der Waals surface area contributed by atoms with E-state index in [-0.39, 0.29) is 6.29 Å². The van der Waals surface area contributed by atoms with Crippen molar-refractivity contribution in [1.82, 2.24) is 10.3 Å². The van der Waals surface area contributed by atoms with Crippen molar-refractivity contribution in [1.29, 1.82) is 0 Å². The van der Waals surface area contributed by atoms with Crippen molar-refractivity contribution in [2.75, 3.05) is 0 Å². The molecule has 19 heavy (non-hydrogen) atoms. The fraction of sp³-hybridized carbons (Fsp3) is 0.300. The van der Waals surface area contributed by atoms with E-state index in [4.69, 9.17) is 0 Å². The van der Waals surface area contributed by atoms with E-state index in [1.807, 2.05) is 0 Å². The Kier molecular flexibility index (Phi) is 4.41. The van der Waals surface area contributed by atoms with E-state index in [1.165, 1.54) is 0 Å². The zero-order valence-corrected chi connectivity index (χ0v) is 9.20. The number of aromatic nitrogens is 1. The van der Waals surface area contributed by atoms with Crippen molar-refractivity contribution in [2.45, 2.75) is 18.6 Å². The third-order valence-corrected chi connectivity index (χ3v) is 2.18. The van der Waals surface area contributed by atoms with Crippen LogP contribution in [0, 0.1) is 5.82 Å². The van der Waals surface area contributed by atoms with Gasteiger partial charge < -0.3 is 20.0 Å². The molecule has 1 atom stereocenters. The molecule has 0 aliphatic heterocycles. The number of alkyl halides is 3. The maximum atomic E-state index is 13.6. The molecule has 9 heteroatoms. The third kappa shape index (κ3) is 3.63. The van der Waals surface area contributed by atoms with Gasteiger partial charge in [-0.25, -0.2) is 4.39 Å². The van der Waals surface area contributed by atoms with Crippen LogP contribution in [-0.2, 0) is 11.0 Å². The number of hydrogen-bond donors (Lipinski definition) is 1. The smallest absolute Gasteiger partial charge is 0.419 e. The summed E-state index contributed by atoms with van der Waals surface area (Å²) in [6.45, 7) is 0. The molecule has 1 aromatic heterocycles. The first-order chi connectivity index (χ1) is 8.77. The van der Waals surface area contributed by atoms with Crippen LogP contribution in [0.2, 0.25) is 0 Å². The van der Waals surface area contributed by atoms with Gasteiger partial charge in [-0.3, -0.25) is 4.98 Å². The van der Waals surface area contributed by atoms with Gasteiger partial charge in [0.2, 0.25) is 0 Å². The maximum absolute atomic E-state index is 13.6. The lowest BCUT2D eigenvalue weighted by Gasteiger charge is -2.19. The highest BCUT2D eigenvalue weighted by molar-refractivity contribution is 5.64. The van der Waals surface area contributed by atoms with Gasteiger partial charge in [0.15, 0.2) is 5.82 Å². The van der Waals surface area contributed by atoms with Crippen LogP contribution in [0.15, 0.2) is 12.3 Å². The summed E-state index contributed by atoms with van der Waals surface area (Å²) in [7, 11) is 0. The Morgan fingerprint density at radius 3 is 2.63 bits per heavy atom. The van der Waals surface area contributed by atoms with Gasteiger partial charge in [-0.05, 0) is 6.07 Å². The van der Waals surface area contributed by atoms with Crippen LogP contribution in [0.3, 0.4) is 0 Å². The molecule has 1 heterocycles. The standard InChI is InChI=1S/C10H8F4N2O3/c11-7-5(10(12,13)14)1-3-15-8(7)6(2-4-17)16-9(18)19/h1,3-4,6,16H,2H2,(H,18,19)/p-1. The Hall–Kier alpha value is -2.19. The molecule has 1 unspecified atom stereocenters. The first-order valence-electron chi connectivity index (χ1n) is 4.90. The lowest BCUT2D eigenvalue weighted by molar-refractivity contribution is -0.251. The van der Waals surface area contributed by atoms with Crippen molar-refractivity contribution in [3.63, 3.8) is 0 Å². The molecule has 104 valence electrons. The molecule has 0 aliphatic carbocycles. The predicted molar refractivity (Wildman–Crippen MR) is 51.2 cm³/mol. The zero-order chi connectivity index (χ0) is 14.6. The summed E-state index contributed by atoms with van der Waals surface area (Å²) < 4.78 is 51.0. The Morgan fingerprint density at radius 2 is 2.16 bits per heavy atom. The van der Waals surface area contributed by atoms with Gasteiger partial charge in [0.25, 0.3) is 0 Å². The van der Waals surface area contributed by atoms with Crippen molar-refractivity contribution in [3.8, 4) is 0 Å². The van der Waals surface area contributed by atoms with Crippen LogP contribution in [0.5, 0.6) is 0 Å². The van der Waals surface area contributed by atoms with Crippen LogP contribution < -0.4 is 10.4 Å². The normalized spacial score (nSPS) is 12.8. The summed E-state index contributed by atoms with van der Waals surface area (Å²) in [5, 5.41) is 12.0. The minimum absolute atomic E-state index is 0.224. The van der Waals surface area contributed by atoms with E-state index in [0.29, 0.717) is 12.3 Å². The number of carbonyl (C=O) groups is 2. The molecule has 1 rings (SSSR count). The summed E-state index contributed by atoms with van der Waals surface area (Å²) in [6.07, 6.45) is -6.47. The topological polar surface area (TPSA) is 82.1 Å². The van der Waals surface area contributed by atoms with Gasteiger partial charge in [-0.2, -0.15) is 13.2 Å². The van der Waals surface area contributed by atoms with E-state index < -0.39 is 41.8 Å². The molecule has 5 nitrogen and oxygen atoms in total. The summed E-state index contributed by atoms with van der Waals surface area (Å²) in [5.74, 6) is -1.73. The molecule has 0 bridgehead atoms. The SMILES string of the molecule is O=CCC(NC(=O)[O-])c1nccc(C(F)(F)F)c1F. The highest BCUT2D eigenvalue weighted by Gasteiger charge is 2.36. The number of amides is 1. The van der Waals surface area contributed by atoms with Crippen molar-refractivity contribution < 1.29 is 32.3 Å². The molecule has 0 saturated heterocycles. The first kappa shape index (κ1) is 14.9. The monoisotopic (exact) mass is 279 g/mol. The van der Waals surface area contributed by atoms with Gasteiger partial charge in [-0.1, -0.05) is 0 Å². The van der Waals surface area contributed by atoms with Crippen LogP contribution in [0.4, 0.5) is 22.4 Å². The largest absolute Gasteiger partial charge is 0.530 e. The fourth-order valence-electron chi connectivity index (χ4n) is 1.40. The minimum atomic E-state index is -4.95. The number of nitrogens with one attached hydrogen (secondary N) is 1. The predicted octanol–water partition coefficient (Wildman–Crippen LogP) is 0.803. The van der Waals surface area contributed by atoms with Gasteiger partial charge in [-0.15, -0.1) is 0 Å². The first-order valence-corrected chi connectivity index (χ1v) is 4.90. The highest BCUT2D eigenvalue weighted by Crippen LogP contribution is 2.33. The second kappa shape index (κ2) is 5.63. The fourth-order valence-corrected chi connectivity index (χ4v) is 1.40. The van der Waals surface area contributed by atoms with Crippen LogP contribution in [0.25, 0.3) is 0 Å². The van der Waals surface area contributed by atoms with Crippen LogP contribution in [0.1, 0.15) is 23.7 Å². The lowest BCUT2D eigenvalue weighted by Crippen LogP contribution is -2.40. The van der Waals surface area contributed by atoms with Gasteiger partial charge >= 0.3 is 6.18 Å². The summed E-state index contributed by atoms with van der Waals surface area (Å²) in [5.41, 5.74) is -2.40. The van der Waals surface area contributed by atoms with Crippen molar-refractivity contribution >= 4 is 12.4 Å². The number of carbonyl (C=O) groups excluding carboxylic acids is 2. The molecular weight excluding hydrogens is 272 g/mol. The van der Waals surface area contributed by atoms with E-state index in [1.54, 1.807) is 5.32 Å². The number of carboxylic acid groups (broad SMARTS) is 1. The van der Waals surface area contributed by atoms with E-state index in [0.717, 1.165) is 0 Å². The maximum Gasteiger partial charge on any atom is 0.419 e. The molecule has 0 aliphatic rings. The lowest BCUT2D eigenvalue weighted by atomic mass is 10.1. The number of nitrogens with zero attached hydrogens (tertiary/aromatic N) is 1. The van der Waals surface area contributed by atoms with Crippen molar-refractivity contribution in [2.24, 2.45) is 0 Å². The summed E-state index contributed by atoms with van der Waals surface area (Å²) in [4.78, 5) is 24.0. The number of aldehydes is 1. The number of hydrogen-bond acceptors (Lipinski definition) is 4. The third-order valence-electron chi connectivity index (χ3n) is 2.18. The minimum Gasteiger partial charge on any atom is -0.530 e. The Labute approximate surface area is 104 Å². The molecule has 0 spiro atoms. The van der Waals surface area contributed by atoms with E-state index in [9.17, 15) is 32.3 Å². The molecule has 0 fully saturated rings. The van der Waals surface area contributed by atoms with Gasteiger partial charge in [0.1, 0.15) is 12.4 Å². The summed E-state index contributed by atoms with van der Waals surface area (Å²) in [6, 6.07) is -1.12. The highest BCUT2D eigenvalue weighted by atomic mass is 19.4. The second-order valence-corrected chi connectivity index (χ2v) is 3.44. The van der Waals surface area contributed by atoms with Crippen molar-refractivity contribution in [3.05, 3.63) is 29.3 Å². The Bertz CT molecular complexity index is 490. The average Bonchev–Trinajstić information content (AvgIpc) is 2.26. The molecule has 1 N–H and O–H groups in total. The number of rotatable bonds is 4. The molecule has 1 aromatic rings. The molecule has 1 amide bonds. The zero-order valence-electron chi connectivity index (χ0n) is 9.20. The average molecular weight is 279 g/mol. The van der Waals surface area contributed by atoms with Crippen LogP contribution >= 0.6 is 0 Å². The molecule has 0 saturated carbocycles. The summed E-state index contributed by atoms with van der Waals surface area (Å²) >= 11 is 0. The van der Waals surface area contributed by atoms with E-state index >= 15 is 0 Å². The number of halogens is 4. The Morgan fingerprint density at radius 1 is 1.53 bits per heavy atom. The molecule has 0 radical (unpaired) electrons. The van der Waals surface area contributed by atoms with Gasteiger partial charge in [0.05, 0.1) is 17.3 Å². The van der Waals surface area contributed by atoms with E-state index in [2.05, 4.69) is 4.98 Å². The second-order valence-electron chi connectivity index (χ2n) is 3.44. The quantitative estimate of drug-likeness (QED) is 0.653. The molecular formula is C10H7F4N2O3-.